The van der Waals surface area contributed by atoms with Gasteiger partial charge in [0.15, 0.2) is 0 Å². The summed E-state index contributed by atoms with van der Waals surface area (Å²) in [7, 11) is 0. The Hall–Kier alpha value is -1.66. The summed E-state index contributed by atoms with van der Waals surface area (Å²) in [6, 6.07) is 3.76. The number of amides is 2. The number of hydrogen-bond donors (Lipinski definition) is 2. The third kappa shape index (κ3) is 5.41. The lowest BCUT2D eigenvalue weighted by molar-refractivity contribution is -0.127. The van der Waals surface area contributed by atoms with Crippen LogP contribution in [0, 0.1) is 11.7 Å². The molecule has 2 N–H and O–H groups in total. The van der Waals surface area contributed by atoms with E-state index in [-0.39, 0.29) is 28.4 Å². The van der Waals surface area contributed by atoms with Crippen LogP contribution in [0.1, 0.15) is 33.1 Å². The Morgan fingerprint density at radius 1 is 1.36 bits per heavy atom. The van der Waals surface area contributed by atoms with Gasteiger partial charge < -0.3 is 10.6 Å². The average molecular weight is 370 g/mol. The molecule has 1 aliphatic heterocycles. The van der Waals surface area contributed by atoms with Crippen LogP contribution in [0.25, 0.3) is 0 Å². The summed E-state index contributed by atoms with van der Waals surface area (Å²) < 4.78 is 13.8. The normalized spacial score (nSPS) is 17.1. The molecule has 0 radical (unpaired) electrons. The summed E-state index contributed by atoms with van der Waals surface area (Å²) in [5.74, 6) is -0.719. The van der Waals surface area contributed by atoms with Gasteiger partial charge in [-0.15, -0.1) is 0 Å². The van der Waals surface area contributed by atoms with Crippen molar-refractivity contribution in [2.45, 2.75) is 39.2 Å². The first-order valence-corrected chi connectivity index (χ1v) is 9.07. The molecule has 25 heavy (non-hydrogen) atoms. The molecule has 1 aromatic rings. The summed E-state index contributed by atoms with van der Waals surface area (Å²) in [5, 5.41) is 5.81. The highest BCUT2D eigenvalue weighted by atomic mass is 35.5. The fourth-order valence-corrected chi connectivity index (χ4v) is 3.09. The van der Waals surface area contributed by atoms with Gasteiger partial charge in [-0.25, -0.2) is 4.39 Å². The molecule has 1 fully saturated rings. The van der Waals surface area contributed by atoms with Crippen molar-refractivity contribution in [3.8, 4) is 0 Å². The van der Waals surface area contributed by atoms with Crippen molar-refractivity contribution in [2.75, 3.05) is 25.0 Å². The zero-order chi connectivity index (χ0) is 18.4. The van der Waals surface area contributed by atoms with E-state index in [9.17, 15) is 14.0 Å². The predicted molar refractivity (Wildman–Crippen MR) is 97.1 cm³/mol. The van der Waals surface area contributed by atoms with E-state index in [0.717, 1.165) is 19.3 Å². The molecule has 138 valence electrons. The maximum atomic E-state index is 13.8. The van der Waals surface area contributed by atoms with Crippen molar-refractivity contribution in [2.24, 2.45) is 5.92 Å². The number of piperidine rings is 1. The third-order valence-electron chi connectivity index (χ3n) is 4.57. The van der Waals surface area contributed by atoms with E-state index in [2.05, 4.69) is 10.6 Å². The van der Waals surface area contributed by atoms with Gasteiger partial charge in [-0.1, -0.05) is 18.5 Å². The van der Waals surface area contributed by atoms with Crippen LogP contribution < -0.4 is 10.6 Å². The number of halogens is 2. The van der Waals surface area contributed by atoms with Crippen LogP contribution in [0.4, 0.5) is 10.1 Å². The number of likely N-dealkylation sites (tertiary alicyclic amines) is 1. The summed E-state index contributed by atoms with van der Waals surface area (Å²) >= 11 is 5.72. The first kappa shape index (κ1) is 19.7. The van der Waals surface area contributed by atoms with Crippen LogP contribution >= 0.6 is 11.6 Å². The molecule has 2 rings (SSSR count). The Balaban J connectivity index is 1.86. The van der Waals surface area contributed by atoms with Gasteiger partial charge in [0.2, 0.25) is 11.8 Å². The lowest BCUT2D eigenvalue weighted by Gasteiger charge is -2.34. The second-order valence-corrected chi connectivity index (χ2v) is 6.83. The Labute approximate surface area is 152 Å². The monoisotopic (exact) mass is 369 g/mol. The highest BCUT2D eigenvalue weighted by Gasteiger charge is 2.29. The minimum atomic E-state index is -0.556. The van der Waals surface area contributed by atoms with Crippen molar-refractivity contribution in [1.29, 1.82) is 0 Å². The van der Waals surface area contributed by atoms with Crippen molar-refractivity contribution in [1.82, 2.24) is 10.2 Å². The van der Waals surface area contributed by atoms with Crippen molar-refractivity contribution in [3.05, 3.63) is 29.0 Å². The SMILES string of the molecule is CCCNC(=O)C1CCN(C(C)C(=O)Nc2ccc(Cl)cc2F)CC1. The first-order chi connectivity index (χ1) is 11.9. The Kier molecular flexibility index (Phi) is 7.20. The Morgan fingerprint density at radius 3 is 2.64 bits per heavy atom. The van der Waals surface area contributed by atoms with E-state index in [1.165, 1.54) is 18.2 Å². The Bertz CT molecular complexity index is 618. The average Bonchev–Trinajstić information content (AvgIpc) is 2.61. The maximum absolute atomic E-state index is 13.8. The second-order valence-electron chi connectivity index (χ2n) is 6.39. The molecule has 1 atom stereocenters. The minimum Gasteiger partial charge on any atom is -0.356 e. The van der Waals surface area contributed by atoms with Crippen LogP contribution in [0.2, 0.25) is 5.02 Å². The van der Waals surface area contributed by atoms with E-state index in [4.69, 9.17) is 11.6 Å². The Morgan fingerprint density at radius 2 is 2.04 bits per heavy atom. The standard InChI is InChI=1S/C18H25ClFN3O2/c1-3-8-21-18(25)13-6-9-23(10-7-13)12(2)17(24)22-16-5-4-14(19)11-15(16)20/h4-5,11-13H,3,6-10H2,1-2H3,(H,21,25)(H,22,24). The number of rotatable bonds is 6. The number of nitrogens with one attached hydrogen (secondary N) is 2. The molecule has 0 aliphatic carbocycles. The van der Waals surface area contributed by atoms with E-state index in [0.29, 0.717) is 19.6 Å². The van der Waals surface area contributed by atoms with Crippen LogP contribution in [-0.2, 0) is 9.59 Å². The fraction of sp³-hybridized carbons (Fsp3) is 0.556. The predicted octanol–water partition coefficient (Wildman–Crippen LogP) is 3.04. The molecule has 5 nitrogen and oxygen atoms in total. The molecule has 0 spiro atoms. The highest BCUT2D eigenvalue weighted by molar-refractivity contribution is 6.30. The quantitative estimate of drug-likeness (QED) is 0.810. The molecule has 7 heteroatoms. The highest BCUT2D eigenvalue weighted by Crippen LogP contribution is 2.22. The number of nitrogens with zero attached hydrogens (tertiary/aromatic N) is 1. The van der Waals surface area contributed by atoms with Gasteiger partial charge in [-0.3, -0.25) is 14.5 Å². The van der Waals surface area contributed by atoms with Gasteiger partial charge in [0.25, 0.3) is 0 Å². The lowest BCUT2D eigenvalue weighted by Crippen LogP contribution is -2.48. The van der Waals surface area contributed by atoms with Gasteiger partial charge in [0.05, 0.1) is 11.7 Å². The van der Waals surface area contributed by atoms with E-state index >= 15 is 0 Å². The van der Waals surface area contributed by atoms with Crippen molar-refractivity contribution >= 4 is 29.1 Å². The zero-order valence-corrected chi connectivity index (χ0v) is 15.4. The zero-order valence-electron chi connectivity index (χ0n) is 14.6. The molecule has 1 aliphatic rings. The van der Waals surface area contributed by atoms with Gasteiger partial charge in [-0.05, 0) is 57.5 Å². The number of hydrogen-bond acceptors (Lipinski definition) is 3. The van der Waals surface area contributed by atoms with E-state index in [1.54, 1.807) is 6.92 Å². The van der Waals surface area contributed by atoms with Gasteiger partial charge >= 0.3 is 0 Å². The minimum absolute atomic E-state index is 0.00627. The lowest BCUT2D eigenvalue weighted by atomic mass is 9.95. The largest absolute Gasteiger partial charge is 0.356 e. The van der Waals surface area contributed by atoms with Crippen molar-refractivity contribution in [3.63, 3.8) is 0 Å². The van der Waals surface area contributed by atoms with Crippen LogP contribution in [0.5, 0.6) is 0 Å². The van der Waals surface area contributed by atoms with Gasteiger partial charge in [-0.2, -0.15) is 0 Å². The smallest absolute Gasteiger partial charge is 0.241 e. The van der Waals surface area contributed by atoms with Gasteiger partial charge in [0.1, 0.15) is 5.82 Å². The summed E-state index contributed by atoms with van der Waals surface area (Å²) in [5.41, 5.74) is 0.120. The summed E-state index contributed by atoms with van der Waals surface area (Å²) in [6.45, 7) is 5.85. The topological polar surface area (TPSA) is 61.4 Å². The molecule has 0 aromatic heterocycles. The van der Waals surface area contributed by atoms with Crippen LogP contribution in [-0.4, -0.2) is 42.4 Å². The molecular formula is C18H25ClFN3O2. The molecule has 1 saturated heterocycles. The first-order valence-electron chi connectivity index (χ1n) is 8.70. The third-order valence-corrected chi connectivity index (χ3v) is 4.80. The molecule has 0 saturated carbocycles. The second kappa shape index (κ2) is 9.15. The molecule has 0 bridgehead atoms. The van der Waals surface area contributed by atoms with Crippen LogP contribution in [0.15, 0.2) is 18.2 Å². The number of benzene rings is 1. The number of carbonyl (C=O) groups is 2. The molecule has 1 aromatic carbocycles. The molecule has 1 heterocycles. The summed E-state index contributed by atoms with van der Waals surface area (Å²) in [4.78, 5) is 26.4. The molecular weight excluding hydrogens is 345 g/mol. The van der Waals surface area contributed by atoms with Gasteiger partial charge in [0, 0.05) is 17.5 Å². The van der Waals surface area contributed by atoms with Crippen LogP contribution in [0.3, 0.4) is 0 Å². The maximum Gasteiger partial charge on any atom is 0.241 e. The number of carbonyl (C=O) groups excluding carboxylic acids is 2. The van der Waals surface area contributed by atoms with Crippen molar-refractivity contribution < 1.29 is 14.0 Å². The summed E-state index contributed by atoms with van der Waals surface area (Å²) in [6.07, 6.45) is 2.37. The molecule has 1 unspecified atom stereocenters. The van der Waals surface area contributed by atoms with E-state index in [1.807, 2.05) is 11.8 Å². The molecule has 2 amide bonds. The van der Waals surface area contributed by atoms with E-state index < -0.39 is 11.9 Å². The fourth-order valence-electron chi connectivity index (χ4n) is 2.94. The number of anilines is 1.